The van der Waals surface area contributed by atoms with Gasteiger partial charge in [-0.25, -0.2) is 13.2 Å². The van der Waals surface area contributed by atoms with Gasteiger partial charge in [0.05, 0.1) is 36.3 Å². The number of pyridine rings is 1. The van der Waals surface area contributed by atoms with Gasteiger partial charge in [0.25, 0.3) is 0 Å². The molecule has 1 fully saturated rings. The van der Waals surface area contributed by atoms with E-state index in [-0.39, 0.29) is 23.8 Å². The minimum Gasteiger partial charge on any atom is -0.367 e. The van der Waals surface area contributed by atoms with E-state index in [0.29, 0.717) is 47.9 Å². The summed E-state index contributed by atoms with van der Waals surface area (Å²) in [6.45, 7) is 6.45. The first-order chi connectivity index (χ1) is 22.2. The third kappa shape index (κ3) is 8.39. The van der Waals surface area contributed by atoms with Crippen molar-refractivity contribution in [2.24, 2.45) is 5.73 Å². The largest absolute Gasteiger partial charge is 0.367 e. The number of morpholine rings is 1. The highest BCUT2D eigenvalue weighted by Gasteiger charge is 2.30. The Morgan fingerprint density at radius 3 is 2.30 bits per heavy atom. The van der Waals surface area contributed by atoms with Gasteiger partial charge in [0.2, 0.25) is 5.91 Å². The summed E-state index contributed by atoms with van der Waals surface area (Å²) in [7, 11) is 0. The van der Waals surface area contributed by atoms with Crippen molar-refractivity contribution >= 4 is 23.2 Å². The number of rotatable bonds is 12. The fraction of sp³-hybridized carbons (Fsp3) is 0.257. The van der Waals surface area contributed by atoms with Crippen LogP contribution in [0.2, 0.25) is 5.02 Å². The van der Waals surface area contributed by atoms with Gasteiger partial charge in [-0.1, -0.05) is 60.6 Å². The van der Waals surface area contributed by atoms with Crippen molar-refractivity contribution in [3.8, 4) is 0 Å². The van der Waals surface area contributed by atoms with Gasteiger partial charge in [-0.15, -0.1) is 0 Å². The topological polar surface area (TPSA) is 101 Å². The zero-order chi connectivity index (χ0) is 32.6. The number of nitrogens with one attached hydrogen (secondary N) is 3. The molecule has 4 aromatic rings. The van der Waals surface area contributed by atoms with Gasteiger partial charge in [-0.3, -0.25) is 9.78 Å². The van der Waals surface area contributed by atoms with E-state index in [9.17, 15) is 13.6 Å². The lowest BCUT2D eigenvalue weighted by molar-refractivity contribution is -0.117. The molecule has 1 amide bonds. The molecule has 3 aromatic carbocycles. The number of carbonyl (C=O) groups is 1. The van der Waals surface area contributed by atoms with Crippen LogP contribution in [0.1, 0.15) is 28.2 Å². The molecule has 3 atom stereocenters. The molecule has 5 N–H and O–H groups in total. The zero-order valence-electron chi connectivity index (χ0n) is 25.0. The van der Waals surface area contributed by atoms with Crippen LogP contribution in [0.3, 0.4) is 0 Å². The van der Waals surface area contributed by atoms with Gasteiger partial charge in [0.15, 0.2) is 0 Å². The van der Waals surface area contributed by atoms with Crippen LogP contribution in [0, 0.1) is 17.5 Å². The molecule has 1 aliphatic heterocycles. The minimum atomic E-state index is -1.19. The monoisotopic (exact) mass is 649 g/mol. The molecule has 5 rings (SSSR count). The first kappa shape index (κ1) is 33.3. The highest BCUT2D eigenvalue weighted by atomic mass is 35.5. The lowest BCUT2D eigenvalue weighted by Crippen LogP contribution is -2.49. The Kier molecular flexibility index (Phi) is 11.2. The second kappa shape index (κ2) is 15.5. The van der Waals surface area contributed by atoms with Gasteiger partial charge in [-0.2, -0.15) is 0 Å². The van der Waals surface area contributed by atoms with Crippen molar-refractivity contribution in [2.45, 2.75) is 37.1 Å². The number of aromatic nitrogens is 1. The molecular formula is C35H35ClF3N5O2. The fourth-order valence-electron chi connectivity index (χ4n) is 5.48. The predicted octanol–water partition coefficient (Wildman–Crippen LogP) is 5.50. The summed E-state index contributed by atoms with van der Waals surface area (Å²) in [4.78, 5) is 17.5. The molecule has 0 spiro atoms. The predicted molar refractivity (Wildman–Crippen MR) is 173 cm³/mol. The van der Waals surface area contributed by atoms with Crippen LogP contribution in [-0.2, 0) is 22.5 Å². The number of nitrogens with zero attached hydrogens (tertiary/aromatic N) is 1. The third-order valence-corrected chi connectivity index (χ3v) is 8.31. The average molecular weight is 650 g/mol. The Morgan fingerprint density at radius 2 is 1.65 bits per heavy atom. The number of nitrogens with two attached hydrogens (primary N) is 1. The van der Waals surface area contributed by atoms with Crippen LogP contribution in [0.5, 0.6) is 0 Å². The van der Waals surface area contributed by atoms with Gasteiger partial charge in [-0.05, 0) is 52.6 Å². The molecule has 7 nitrogen and oxygen atoms in total. The summed E-state index contributed by atoms with van der Waals surface area (Å²) < 4.78 is 48.9. The molecule has 0 radical (unpaired) electrons. The van der Waals surface area contributed by atoms with Gasteiger partial charge >= 0.3 is 0 Å². The molecule has 46 heavy (non-hydrogen) atoms. The molecule has 240 valence electrons. The van der Waals surface area contributed by atoms with Crippen LogP contribution in [0.4, 0.5) is 18.9 Å². The Bertz CT molecular complexity index is 1610. The van der Waals surface area contributed by atoms with Crippen molar-refractivity contribution in [3.05, 3.63) is 142 Å². The third-order valence-electron chi connectivity index (χ3n) is 7.95. The van der Waals surface area contributed by atoms with E-state index in [2.05, 4.69) is 27.5 Å². The molecular weight excluding hydrogens is 615 g/mol. The van der Waals surface area contributed by atoms with E-state index in [1.807, 2.05) is 24.3 Å². The summed E-state index contributed by atoms with van der Waals surface area (Å²) in [5.74, 6) is -2.90. The quantitative estimate of drug-likeness (QED) is 0.151. The second-order valence-corrected chi connectivity index (χ2v) is 11.6. The van der Waals surface area contributed by atoms with Crippen LogP contribution >= 0.6 is 11.6 Å². The van der Waals surface area contributed by atoms with Crippen molar-refractivity contribution in [1.29, 1.82) is 0 Å². The van der Waals surface area contributed by atoms with E-state index >= 15 is 4.39 Å². The number of hydrogen-bond acceptors (Lipinski definition) is 6. The van der Waals surface area contributed by atoms with E-state index < -0.39 is 41.4 Å². The summed E-state index contributed by atoms with van der Waals surface area (Å²) >= 11 is 6.26. The maximum absolute atomic E-state index is 15.2. The van der Waals surface area contributed by atoms with E-state index in [4.69, 9.17) is 22.1 Å². The maximum atomic E-state index is 15.2. The standard InChI is InChI=1S/C35H35ClF3N5O2/c1-21(32-20-42-17-27(46-32)16-41-15-24-4-2-3-5-29(24)36)14-28-30(39)18-43-19-31(28)44-35(45)34(40)33(22-6-10-25(37)11-7-22)23-8-12-26(38)13-9-23/h2-13,18-19,27,32-34,41-42H,1,14-17,20,40H2,(H,44,45)/t27-,32+,34?/m1/s1. The Balaban J connectivity index is 1.26. The number of anilines is 1. The van der Waals surface area contributed by atoms with Crippen LogP contribution < -0.4 is 21.7 Å². The molecule has 2 heterocycles. The molecule has 0 saturated carbocycles. The lowest BCUT2D eigenvalue weighted by atomic mass is 9.85. The van der Waals surface area contributed by atoms with Crippen LogP contribution in [0.15, 0.2) is 97.3 Å². The maximum Gasteiger partial charge on any atom is 0.242 e. The Morgan fingerprint density at radius 1 is 1.00 bits per heavy atom. The van der Waals surface area contributed by atoms with Gasteiger partial charge in [0, 0.05) is 49.1 Å². The first-order valence-electron chi connectivity index (χ1n) is 14.9. The molecule has 1 unspecified atom stereocenters. The fourth-order valence-corrected chi connectivity index (χ4v) is 5.68. The Hall–Kier alpha value is -4.06. The molecule has 0 aliphatic carbocycles. The number of hydrogen-bond donors (Lipinski definition) is 4. The normalized spacial score (nSPS) is 17.1. The molecule has 1 aliphatic rings. The number of benzene rings is 3. The number of ether oxygens (including phenoxy) is 1. The van der Waals surface area contributed by atoms with Crippen LogP contribution in [0.25, 0.3) is 0 Å². The van der Waals surface area contributed by atoms with Crippen molar-refractivity contribution in [2.75, 3.05) is 25.0 Å². The number of halogens is 4. The van der Waals surface area contributed by atoms with Crippen molar-refractivity contribution in [1.82, 2.24) is 15.6 Å². The summed E-state index contributed by atoms with van der Waals surface area (Å²) in [5.41, 5.74) is 9.52. The molecule has 11 heteroatoms. The van der Waals surface area contributed by atoms with Gasteiger partial charge < -0.3 is 26.4 Å². The van der Waals surface area contributed by atoms with Crippen molar-refractivity contribution < 1.29 is 22.7 Å². The highest BCUT2D eigenvalue weighted by molar-refractivity contribution is 6.31. The van der Waals surface area contributed by atoms with E-state index in [1.165, 1.54) is 54.7 Å². The molecule has 0 bridgehead atoms. The zero-order valence-corrected chi connectivity index (χ0v) is 25.7. The summed E-state index contributed by atoms with van der Waals surface area (Å²) in [6.07, 6.45) is 1.93. The number of carbonyl (C=O) groups excluding carboxylic acids is 1. The van der Waals surface area contributed by atoms with E-state index in [0.717, 1.165) is 11.8 Å². The number of amides is 1. The smallest absolute Gasteiger partial charge is 0.242 e. The molecule has 1 aromatic heterocycles. The van der Waals surface area contributed by atoms with Crippen molar-refractivity contribution in [3.63, 3.8) is 0 Å². The Labute approximate surface area is 271 Å². The van der Waals surface area contributed by atoms with Gasteiger partial charge in [0.1, 0.15) is 17.5 Å². The second-order valence-electron chi connectivity index (χ2n) is 11.2. The van der Waals surface area contributed by atoms with Crippen LogP contribution in [-0.4, -0.2) is 48.8 Å². The minimum absolute atomic E-state index is 0.0741. The summed E-state index contributed by atoms with van der Waals surface area (Å²) in [6, 6.07) is 17.6. The lowest BCUT2D eigenvalue weighted by Gasteiger charge is -2.32. The SMILES string of the molecule is C=C(Cc1c(F)cncc1NC(=O)C(N)C(c1ccc(F)cc1)c1ccc(F)cc1)[C@@H]1CNC[C@@H](CNCc2ccccc2Cl)O1. The highest BCUT2D eigenvalue weighted by Crippen LogP contribution is 2.30. The van der Waals surface area contributed by atoms with E-state index in [1.54, 1.807) is 0 Å². The first-order valence-corrected chi connectivity index (χ1v) is 15.2. The molecule has 1 saturated heterocycles. The summed E-state index contributed by atoms with van der Waals surface area (Å²) in [5, 5.41) is 10.1. The average Bonchev–Trinajstić information content (AvgIpc) is 3.05.